The Bertz CT molecular complexity index is 665. The summed E-state index contributed by atoms with van der Waals surface area (Å²) in [4.78, 5) is 17.3. The molecule has 0 radical (unpaired) electrons. The van der Waals surface area contributed by atoms with Crippen LogP contribution in [0.5, 0.6) is 0 Å². The fourth-order valence-corrected chi connectivity index (χ4v) is 1.56. The zero-order chi connectivity index (χ0) is 14.7. The molecule has 7 nitrogen and oxygen atoms in total. The molecule has 0 atom stereocenters. The molecule has 1 aromatic carbocycles. The van der Waals surface area contributed by atoms with E-state index in [9.17, 15) is 18.9 Å². The van der Waals surface area contributed by atoms with E-state index in [1.165, 1.54) is 0 Å². The number of nitrogens with one attached hydrogen (secondary N) is 1. The number of rotatable bonds is 4. The van der Waals surface area contributed by atoms with Crippen molar-refractivity contribution in [1.29, 1.82) is 0 Å². The minimum atomic E-state index is -0.750. The predicted octanol–water partition coefficient (Wildman–Crippen LogP) is 1.86. The second-order valence-electron chi connectivity index (χ2n) is 3.80. The second-order valence-corrected chi connectivity index (χ2v) is 3.80. The van der Waals surface area contributed by atoms with Crippen molar-refractivity contribution in [2.75, 3.05) is 11.1 Å². The second kappa shape index (κ2) is 5.43. The molecule has 9 heteroatoms. The standard InChI is InChI=1S/C11H9F2N5O2/c12-7-1-2-8(13)6(3-7)4-15-11-9(18(19)20)10(14)16-5-17-11/h1-3,5H,4H2,(H3,14,15,16,17). The average molecular weight is 281 g/mol. The quantitative estimate of drug-likeness (QED) is 0.654. The molecule has 0 saturated heterocycles. The van der Waals surface area contributed by atoms with Crippen molar-refractivity contribution in [1.82, 2.24) is 9.97 Å². The predicted molar refractivity (Wildman–Crippen MR) is 66.8 cm³/mol. The first-order valence-corrected chi connectivity index (χ1v) is 5.41. The summed E-state index contributed by atoms with van der Waals surface area (Å²) < 4.78 is 26.4. The third-order valence-corrected chi connectivity index (χ3v) is 2.49. The van der Waals surface area contributed by atoms with Gasteiger partial charge in [0.15, 0.2) is 0 Å². The molecule has 104 valence electrons. The first-order valence-electron chi connectivity index (χ1n) is 5.41. The van der Waals surface area contributed by atoms with Gasteiger partial charge in [-0.05, 0) is 18.2 Å². The number of nitrogen functional groups attached to an aromatic ring is 1. The molecule has 1 aromatic heterocycles. The summed E-state index contributed by atoms with van der Waals surface area (Å²) in [7, 11) is 0. The van der Waals surface area contributed by atoms with Crippen LogP contribution in [-0.2, 0) is 6.54 Å². The molecule has 0 fully saturated rings. The number of hydrogen-bond acceptors (Lipinski definition) is 6. The molecule has 0 aliphatic rings. The highest BCUT2D eigenvalue weighted by Crippen LogP contribution is 2.26. The van der Waals surface area contributed by atoms with Gasteiger partial charge in [0.05, 0.1) is 4.92 Å². The van der Waals surface area contributed by atoms with Crippen LogP contribution in [0.15, 0.2) is 24.5 Å². The van der Waals surface area contributed by atoms with Gasteiger partial charge < -0.3 is 11.1 Å². The van der Waals surface area contributed by atoms with Crippen LogP contribution in [0.2, 0.25) is 0 Å². The van der Waals surface area contributed by atoms with Gasteiger partial charge >= 0.3 is 5.69 Å². The van der Waals surface area contributed by atoms with Crippen molar-refractivity contribution < 1.29 is 13.7 Å². The summed E-state index contributed by atoms with van der Waals surface area (Å²) in [5, 5.41) is 13.4. The summed E-state index contributed by atoms with van der Waals surface area (Å²) in [5.41, 5.74) is 4.88. The van der Waals surface area contributed by atoms with Crippen molar-refractivity contribution in [2.45, 2.75) is 6.54 Å². The normalized spacial score (nSPS) is 10.3. The molecule has 0 aliphatic heterocycles. The van der Waals surface area contributed by atoms with Crippen LogP contribution in [0.4, 0.5) is 26.1 Å². The van der Waals surface area contributed by atoms with E-state index in [1.54, 1.807) is 0 Å². The average Bonchev–Trinajstić information content (AvgIpc) is 2.39. The van der Waals surface area contributed by atoms with E-state index in [4.69, 9.17) is 5.73 Å². The maximum absolute atomic E-state index is 13.4. The first-order chi connectivity index (χ1) is 9.49. The molecule has 0 aliphatic carbocycles. The monoisotopic (exact) mass is 281 g/mol. The van der Waals surface area contributed by atoms with Crippen LogP contribution in [0.3, 0.4) is 0 Å². The number of nitro groups is 1. The van der Waals surface area contributed by atoms with E-state index in [0.29, 0.717) is 0 Å². The van der Waals surface area contributed by atoms with Crippen molar-refractivity contribution in [2.24, 2.45) is 0 Å². The Morgan fingerprint density at radius 1 is 1.35 bits per heavy atom. The Balaban J connectivity index is 2.25. The summed E-state index contributed by atoms with van der Waals surface area (Å²) in [6.07, 6.45) is 1.03. The lowest BCUT2D eigenvalue weighted by Crippen LogP contribution is -2.09. The van der Waals surface area contributed by atoms with E-state index in [-0.39, 0.29) is 23.7 Å². The smallest absolute Gasteiger partial charge is 0.352 e. The minimum absolute atomic E-state index is 0.0106. The number of hydrogen-bond donors (Lipinski definition) is 2. The zero-order valence-electron chi connectivity index (χ0n) is 10.0. The van der Waals surface area contributed by atoms with Gasteiger partial charge in [-0.2, -0.15) is 0 Å². The Morgan fingerprint density at radius 3 is 2.80 bits per heavy atom. The molecular formula is C11H9F2N5O2. The summed E-state index contributed by atoms with van der Waals surface area (Å²) in [5.74, 6) is -1.72. The summed E-state index contributed by atoms with van der Waals surface area (Å²) in [6.45, 7) is -0.180. The van der Waals surface area contributed by atoms with Crippen molar-refractivity contribution in [3.05, 3.63) is 51.8 Å². The van der Waals surface area contributed by atoms with E-state index < -0.39 is 22.2 Å². The SMILES string of the molecule is Nc1ncnc(NCc2cc(F)ccc2F)c1[N+](=O)[O-]. The molecule has 2 aromatic rings. The Labute approximate surface area is 111 Å². The van der Waals surface area contributed by atoms with Crippen molar-refractivity contribution >= 4 is 17.3 Å². The molecule has 3 N–H and O–H groups in total. The van der Waals surface area contributed by atoms with Crippen molar-refractivity contribution in [3.63, 3.8) is 0 Å². The van der Waals surface area contributed by atoms with Gasteiger partial charge in [0.25, 0.3) is 0 Å². The highest BCUT2D eigenvalue weighted by atomic mass is 19.1. The molecular weight excluding hydrogens is 272 g/mol. The summed E-state index contributed by atoms with van der Waals surface area (Å²) in [6, 6.07) is 2.93. The Morgan fingerprint density at radius 2 is 2.10 bits per heavy atom. The number of anilines is 2. The number of benzene rings is 1. The van der Waals surface area contributed by atoms with Crippen LogP contribution in [0.25, 0.3) is 0 Å². The van der Waals surface area contributed by atoms with Crippen LogP contribution in [0, 0.1) is 21.7 Å². The largest absolute Gasteiger partial charge is 0.378 e. The molecule has 0 unspecified atom stereocenters. The van der Waals surface area contributed by atoms with Gasteiger partial charge in [0, 0.05) is 12.1 Å². The molecule has 0 saturated carbocycles. The lowest BCUT2D eigenvalue weighted by molar-refractivity contribution is -0.383. The van der Waals surface area contributed by atoms with E-state index in [0.717, 1.165) is 24.5 Å². The van der Waals surface area contributed by atoms with E-state index >= 15 is 0 Å². The Hall–Kier alpha value is -2.84. The minimum Gasteiger partial charge on any atom is -0.378 e. The third kappa shape index (κ3) is 2.76. The van der Waals surface area contributed by atoms with Crippen LogP contribution in [-0.4, -0.2) is 14.9 Å². The van der Waals surface area contributed by atoms with Crippen LogP contribution >= 0.6 is 0 Å². The summed E-state index contributed by atoms with van der Waals surface area (Å²) >= 11 is 0. The highest BCUT2D eigenvalue weighted by Gasteiger charge is 2.20. The van der Waals surface area contributed by atoms with Gasteiger partial charge in [0.1, 0.15) is 18.0 Å². The first kappa shape index (κ1) is 13.6. The fraction of sp³-hybridized carbons (Fsp3) is 0.0909. The Kier molecular flexibility index (Phi) is 3.69. The van der Waals surface area contributed by atoms with E-state index in [1.807, 2.05) is 0 Å². The number of halogens is 2. The molecule has 20 heavy (non-hydrogen) atoms. The lowest BCUT2D eigenvalue weighted by atomic mass is 10.2. The number of nitrogens with two attached hydrogens (primary N) is 1. The highest BCUT2D eigenvalue weighted by molar-refractivity contribution is 5.67. The maximum Gasteiger partial charge on any atom is 0.352 e. The van der Waals surface area contributed by atoms with Crippen molar-refractivity contribution in [3.8, 4) is 0 Å². The molecule has 0 bridgehead atoms. The molecule has 0 spiro atoms. The fourth-order valence-electron chi connectivity index (χ4n) is 1.56. The number of aromatic nitrogens is 2. The van der Waals surface area contributed by atoms with E-state index in [2.05, 4.69) is 15.3 Å². The molecule has 0 amide bonds. The van der Waals surface area contributed by atoms with Gasteiger partial charge in [-0.1, -0.05) is 0 Å². The van der Waals surface area contributed by atoms with Gasteiger partial charge in [0.2, 0.25) is 11.6 Å². The molecule has 1 heterocycles. The maximum atomic E-state index is 13.4. The van der Waals surface area contributed by atoms with Crippen LogP contribution < -0.4 is 11.1 Å². The van der Waals surface area contributed by atoms with Gasteiger partial charge in [-0.15, -0.1) is 0 Å². The molecule has 2 rings (SSSR count). The zero-order valence-corrected chi connectivity index (χ0v) is 10.0. The lowest BCUT2D eigenvalue weighted by Gasteiger charge is -2.07. The topological polar surface area (TPSA) is 107 Å². The van der Waals surface area contributed by atoms with Gasteiger partial charge in [-0.3, -0.25) is 10.1 Å². The van der Waals surface area contributed by atoms with Gasteiger partial charge in [-0.25, -0.2) is 18.7 Å². The third-order valence-electron chi connectivity index (χ3n) is 2.49. The van der Waals surface area contributed by atoms with Crippen LogP contribution in [0.1, 0.15) is 5.56 Å². The number of nitrogens with zero attached hydrogens (tertiary/aromatic N) is 3.